The predicted octanol–water partition coefficient (Wildman–Crippen LogP) is 0.182. The number of likely N-dealkylation sites (tertiary alicyclic amines) is 1. The first-order valence-corrected chi connectivity index (χ1v) is 5.02. The minimum atomic E-state index is 0.714. The highest BCUT2D eigenvalue weighted by molar-refractivity contribution is 4.85. The zero-order chi connectivity index (χ0) is 10.0. The van der Waals surface area contributed by atoms with Gasteiger partial charge in [0.25, 0.3) is 0 Å². The predicted molar refractivity (Wildman–Crippen MR) is 57.1 cm³/mol. The molecule has 1 fully saturated rings. The molecule has 3 nitrogen and oxygen atoms in total. The second-order valence-corrected chi connectivity index (χ2v) is 4.69. The Labute approximate surface area is 82.3 Å². The summed E-state index contributed by atoms with van der Waals surface area (Å²) in [5, 5.41) is 0. The average Bonchev–Trinajstić information content (AvgIpc) is 2.03. The van der Waals surface area contributed by atoms with Crippen molar-refractivity contribution in [3.63, 3.8) is 0 Å². The lowest BCUT2D eigenvalue weighted by molar-refractivity contribution is 0.0868. The van der Waals surface area contributed by atoms with Crippen molar-refractivity contribution in [3.05, 3.63) is 0 Å². The zero-order valence-corrected chi connectivity index (χ0v) is 9.62. The molecule has 0 N–H and O–H groups in total. The Kier molecular flexibility index (Phi) is 3.71. The number of rotatable bonds is 2. The van der Waals surface area contributed by atoms with Crippen molar-refractivity contribution < 1.29 is 0 Å². The van der Waals surface area contributed by atoms with E-state index in [4.69, 9.17) is 0 Å². The molecular weight excluding hydrogens is 162 g/mol. The maximum Gasteiger partial charge on any atom is 0.0232 e. The van der Waals surface area contributed by atoms with E-state index in [1.165, 1.54) is 19.5 Å². The largest absolute Gasteiger partial charge is 0.305 e. The van der Waals surface area contributed by atoms with E-state index < -0.39 is 0 Å². The van der Waals surface area contributed by atoms with E-state index in [2.05, 4.69) is 49.9 Å². The van der Waals surface area contributed by atoms with Crippen LogP contribution in [0, 0.1) is 0 Å². The summed E-state index contributed by atoms with van der Waals surface area (Å²) in [5.74, 6) is 0. The Morgan fingerprint density at radius 3 is 1.62 bits per heavy atom. The summed E-state index contributed by atoms with van der Waals surface area (Å²) < 4.78 is 0. The molecule has 0 aromatic carbocycles. The SMILES string of the molecule is CN1C[C@H](N(C)C)C[C@H](N(C)C)C1. The lowest BCUT2D eigenvalue weighted by Gasteiger charge is -2.41. The number of piperidine rings is 1. The fourth-order valence-electron chi connectivity index (χ4n) is 2.01. The van der Waals surface area contributed by atoms with Gasteiger partial charge in [-0.2, -0.15) is 0 Å². The first-order valence-electron chi connectivity index (χ1n) is 5.02. The Morgan fingerprint density at radius 1 is 0.923 bits per heavy atom. The number of hydrogen-bond acceptors (Lipinski definition) is 3. The molecule has 0 spiro atoms. The quantitative estimate of drug-likeness (QED) is 0.608. The van der Waals surface area contributed by atoms with E-state index in [9.17, 15) is 0 Å². The van der Waals surface area contributed by atoms with Crippen molar-refractivity contribution in [2.45, 2.75) is 18.5 Å². The van der Waals surface area contributed by atoms with E-state index in [0.717, 1.165) is 0 Å². The second-order valence-electron chi connectivity index (χ2n) is 4.69. The molecule has 0 saturated carbocycles. The summed E-state index contributed by atoms with van der Waals surface area (Å²) in [6.07, 6.45) is 1.30. The van der Waals surface area contributed by atoms with Crippen LogP contribution in [0.15, 0.2) is 0 Å². The molecule has 0 aliphatic carbocycles. The lowest BCUT2D eigenvalue weighted by atomic mass is 10.00. The van der Waals surface area contributed by atoms with Gasteiger partial charge >= 0.3 is 0 Å². The van der Waals surface area contributed by atoms with Crippen LogP contribution in [-0.2, 0) is 0 Å². The molecule has 0 unspecified atom stereocenters. The molecule has 0 radical (unpaired) electrons. The van der Waals surface area contributed by atoms with Crippen molar-refractivity contribution in [1.29, 1.82) is 0 Å². The second kappa shape index (κ2) is 4.40. The highest BCUT2D eigenvalue weighted by atomic mass is 15.2. The highest BCUT2D eigenvalue weighted by Gasteiger charge is 2.27. The van der Waals surface area contributed by atoms with Gasteiger partial charge in [-0.3, -0.25) is 0 Å². The molecule has 1 aliphatic rings. The maximum atomic E-state index is 2.43. The summed E-state index contributed by atoms with van der Waals surface area (Å²) in [7, 11) is 10.9. The molecular formula is C10H23N3. The first kappa shape index (κ1) is 11.0. The zero-order valence-electron chi connectivity index (χ0n) is 9.62. The lowest BCUT2D eigenvalue weighted by Crippen LogP contribution is -2.53. The van der Waals surface area contributed by atoms with Gasteiger partial charge in [-0.05, 0) is 41.7 Å². The van der Waals surface area contributed by atoms with Gasteiger partial charge in [0.05, 0.1) is 0 Å². The smallest absolute Gasteiger partial charge is 0.0232 e. The third-order valence-electron chi connectivity index (χ3n) is 3.05. The monoisotopic (exact) mass is 185 g/mol. The summed E-state index contributed by atoms with van der Waals surface area (Å²) in [6.45, 7) is 2.41. The first-order chi connectivity index (χ1) is 6.00. The molecule has 0 amide bonds. The van der Waals surface area contributed by atoms with Crippen LogP contribution in [0.25, 0.3) is 0 Å². The summed E-state index contributed by atoms with van der Waals surface area (Å²) in [6, 6.07) is 1.43. The summed E-state index contributed by atoms with van der Waals surface area (Å²) in [4.78, 5) is 7.11. The average molecular weight is 185 g/mol. The van der Waals surface area contributed by atoms with Crippen molar-refractivity contribution in [1.82, 2.24) is 14.7 Å². The highest BCUT2D eigenvalue weighted by Crippen LogP contribution is 2.15. The fraction of sp³-hybridized carbons (Fsp3) is 1.00. The van der Waals surface area contributed by atoms with Crippen LogP contribution in [0.3, 0.4) is 0 Å². The van der Waals surface area contributed by atoms with Crippen LogP contribution in [0.4, 0.5) is 0 Å². The standard InChI is InChI=1S/C10H23N3/c1-11(2)9-6-10(12(3)4)8-13(5)7-9/h9-10H,6-8H2,1-5H3/t9-,10+. The van der Waals surface area contributed by atoms with Gasteiger partial charge in [0, 0.05) is 25.2 Å². The van der Waals surface area contributed by atoms with Crippen molar-refractivity contribution in [2.75, 3.05) is 48.3 Å². The number of hydrogen-bond donors (Lipinski definition) is 0. The van der Waals surface area contributed by atoms with Crippen LogP contribution >= 0.6 is 0 Å². The molecule has 1 rings (SSSR count). The van der Waals surface area contributed by atoms with Gasteiger partial charge in [-0.25, -0.2) is 0 Å². The van der Waals surface area contributed by atoms with Crippen LogP contribution in [-0.4, -0.2) is 75.1 Å². The van der Waals surface area contributed by atoms with E-state index in [0.29, 0.717) is 12.1 Å². The van der Waals surface area contributed by atoms with Gasteiger partial charge < -0.3 is 14.7 Å². The van der Waals surface area contributed by atoms with Crippen molar-refractivity contribution in [2.24, 2.45) is 0 Å². The number of nitrogens with zero attached hydrogens (tertiary/aromatic N) is 3. The van der Waals surface area contributed by atoms with Gasteiger partial charge in [0.15, 0.2) is 0 Å². The fourth-order valence-corrected chi connectivity index (χ4v) is 2.01. The minimum Gasteiger partial charge on any atom is -0.305 e. The third-order valence-corrected chi connectivity index (χ3v) is 3.05. The number of likely N-dealkylation sites (N-methyl/N-ethyl adjacent to an activating group) is 3. The molecule has 78 valence electrons. The molecule has 0 aromatic heterocycles. The van der Waals surface area contributed by atoms with Gasteiger partial charge in [0.1, 0.15) is 0 Å². The topological polar surface area (TPSA) is 9.72 Å². The molecule has 1 saturated heterocycles. The minimum absolute atomic E-state index is 0.714. The van der Waals surface area contributed by atoms with Crippen molar-refractivity contribution >= 4 is 0 Å². The Balaban J connectivity index is 2.52. The molecule has 3 heteroatoms. The van der Waals surface area contributed by atoms with E-state index in [1.54, 1.807) is 0 Å². The maximum absolute atomic E-state index is 2.43. The van der Waals surface area contributed by atoms with Crippen molar-refractivity contribution in [3.8, 4) is 0 Å². The van der Waals surface area contributed by atoms with E-state index in [-0.39, 0.29) is 0 Å². The molecule has 1 heterocycles. The molecule has 13 heavy (non-hydrogen) atoms. The Bertz CT molecular complexity index is 140. The molecule has 1 aliphatic heterocycles. The third kappa shape index (κ3) is 2.93. The van der Waals surface area contributed by atoms with Crippen LogP contribution < -0.4 is 0 Å². The van der Waals surface area contributed by atoms with Gasteiger partial charge in [0.2, 0.25) is 0 Å². The Hall–Kier alpha value is -0.120. The normalized spacial score (nSPS) is 31.6. The van der Waals surface area contributed by atoms with Gasteiger partial charge in [-0.1, -0.05) is 0 Å². The molecule has 2 atom stereocenters. The van der Waals surface area contributed by atoms with Gasteiger partial charge in [-0.15, -0.1) is 0 Å². The summed E-state index contributed by atoms with van der Waals surface area (Å²) in [5.41, 5.74) is 0. The van der Waals surface area contributed by atoms with Crippen LogP contribution in [0.1, 0.15) is 6.42 Å². The van der Waals surface area contributed by atoms with Crippen LogP contribution in [0.5, 0.6) is 0 Å². The summed E-state index contributed by atoms with van der Waals surface area (Å²) >= 11 is 0. The van der Waals surface area contributed by atoms with Crippen LogP contribution in [0.2, 0.25) is 0 Å². The van der Waals surface area contributed by atoms with E-state index >= 15 is 0 Å². The molecule has 0 bridgehead atoms. The Morgan fingerprint density at radius 2 is 1.31 bits per heavy atom. The molecule has 0 aromatic rings. The van der Waals surface area contributed by atoms with E-state index in [1.807, 2.05) is 0 Å².